The van der Waals surface area contributed by atoms with Gasteiger partial charge in [0, 0.05) is 11.8 Å². The summed E-state index contributed by atoms with van der Waals surface area (Å²) < 4.78 is 0. The smallest absolute Gasteiger partial charge is 0.367 e. The average molecular weight is 255 g/mol. The van der Waals surface area contributed by atoms with E-state index in [4.69, 9.17) is 10.6 Å². The Labute approximate surface area is 110 Å². The fraction of sp³-hybridized carbons (Fsp3) is 0.0714. The van der Waals surface area contributed by atoms with Gasteiger partial charge in [0.2, 0.25) is 0 Å². The molecule has 0 saturated carbocycles. The lowest BCUT2D eigenvalue weighted by molar-refractivity contribution is 0.0514. The number of nitrogens with zero attached hydrogens (tertiary/aromatic N) is 2. The molecule has 0 fully saturated rings. The fourth-order valence-corrected chi connectivity index (χ4v) is 1.50. The number of oxime groups is 1. The Kier molecular flexibility index (Phi) is 3.87. The predicted octanol–water partition coefficient (Wildman–Crippen LogP) is 1.87. The molecule has 0 radical (unpaired) electrons. The van der Waals surface area contributed by atoms with Crippen LogP contribution in [0.25, 0.3) is 0 Å². The molecular weight excluding hydrogens is 242 g/mol. The second-order valence-corrected chi connectivity index (χ2v) is 3.86. The highest BCUT2D eigenvalue weighted by Crippen LogP contribution is 2.06. The maximum atomic E-state index is 11.8. The van der Waals surface area contributed by atoms with E-state index in [1.807, 2.05) is 18.2 Å². The first-order valence-corrected chi connectivity index (χ1v) is 5.70. The molecule has 1 aromatic heterocycles. The third-order valence-electron chi connectivity index (χ3n) is 2.52. The predicted molar refractivity (Wildman–Crippen MR) is 71.6 cm³/mol. The van der Waals surface area contributed by atoms with E-state index >= 15 is 0 Å². The number of benzene rings is 1. The molecule has 1 heterocycles. The first kappa shape index (κ1) is 12.8. The molecule has 0 atom stereocenters. The minimum Gasteiger partial charge on any atom is -0.380 e. The van der Waals surface area contributed by atoms with Crippen molar-refractivity contribution in [2.75, 3.05) is 0 Å². The summed E-state index contributed by atoms with van der Waals surface area (Å²) in [5.74, 6) is -0.431. The Bertz CT molecular complexity index is 609. The lowest BCUT2D eigenvalue weighted by Gasteiger charge is -2.02. The van der Waals surface area contributed by atoms with Crippen molar-refractivity contribution in [3.63, 3.8) is 0 Å². The summed E-state index contributed by atoms with van der Waals surface area (Å²) >= 11 is 0. The summed E-state index contributed by atoms with van der Waals surface area (Å²) in [5, 5.41) is 3.63. The summed E-state index contributed by atoms with van der Waals surface area (Å²) in [6, 6.07) is 12.4. The van der Waals surface area contributed by atoms with E-state index in [1.165, 1.54) is 0 Å². The monoisotopic (exact) mass is 255 g/mol. The molecule has 5 nitrogen and oxygen atoms in total. The van der Waals surface area contributed by atoms with E-state index in [-0.39, 0.29) is 5.84 Å². The molecule has 96 valence electrons. The van der Waals surface area contributed by atoms with Crippen LogP contribution >= 0.6 is 0 Å². The second kappa shape index (κ2) is 5.77. The zero-order valence-corrected chi connectivity index (χ0v) is 10.4. The van der Waals surface area contributed by atoms with Crippen molar-refractivity contribution >= 4 is 11.8 Å². The Balaban J connectivity index is 2.11. The van der Waals surface area contributed by atoms with E-state index in [0.29, 0.717) is 16.8 Å². The number of aryl methyl sites for hydroxylation is 1. The molecule has 2 N–H and O–H groups in total. The number of amidine groups is 1. The van der Waals surface area contributed by atoms with Crippen LogP contribution in [0.2, 0.25) is 0 Å². The summed E-state index contributed by atoms with van der Waals surface area (Å²) in [6.45, 7) is 1.72. The molecule has 2 aromatic rings. The quantitative estimate of drug-likeness (QED) is 0.393. The average Bonchev–Trinajstić information content (AvgIpc) is 2.46. The molecule has 2 rings (SSSR count). The number of carbonyl (C=O) groups excluding carboxylic acids is 1. The summed E-state index contributed by atoms with van der Waals surface area (Å²) in [5.41, 5.74) is 7.36. The van der Waals surface area contributed by atoms with Gasteiger partial charge in [-0.25, -0.2) is 4.79 Å². The van der Waals surface area contributed by atoms with Crippen molar-refractivity contribution in [3.05, 3.63) is 65.5 Å². The lowest BCUT2D eigenvalue weighted by atomic mass is 10.2. The molecule has 19 heavy (non-hydrogen) atoms. The van der Waals surface area contributed by atoms with Gasteiger partial charge in [-0.15, -0.1) is 0 Å². The van der Waals surface area contributed by atoms with E-state index in [2.05, 4.69) is 10.1 Å². The summed E-state index contributed by atoms with van der Waals surface area (Å²) in [7, 11) is 0. The minimum atomic E-state index is -0.579. The standard InChI is InChI=1S/C14H13N3O2/c1-10-12(8-5-9-16-10)14(18)19-17-13(15)11-6-3-2-4-7-11/h2-9H,1H3,(H2,15,17). The number of hydrogen-bond acceptors (Lipinski definition) is 4. The Morgan fingerprint density at radius 2 is 1.95 bits per heavy atom. The van der Waals surface area contributed by atoms with Gasteiger partial charge in [-0.2, -0.15) is 0 Å². The van der Waals surface area contributed by atoms with Crippen molar-refractivity contribution in [2.45, 2.75) is 6.92 Å². The molecule has 0 bridgehead atoms. The van der Waals surface area contributed by atoms with E-state index in [0.717, 1.165) is 0 Å². The molecule has 0 saturated heterocycles. The van der Waals surface area contributed by atoms with Gasteiger partial charge >= 0.3 is 5.97 Å². The van der Waals surface area contributed by atoms with Crippen LogP contribution in [-0.2, 0) is 4.84 Å². The molecule has 0 aliphatic carbocycles. The van der Waals surface area contributed by atoms with Crippen LogP contribution in [0, 0.1) is 6.92 Å². The first-order valence-electron chi connectivity index (χ1n) is 5.70. The molecule has 0 unspecified atom stereocenters. The largest absolute Gasteiger partial charge is 0.380 e. The first-order chi connectivity index (χ1) is 9.18. The van der Waals surface area contributed by atoms with Gasteiger partial charge in [-0.05, 0) is 19.1 Å². The SMILES string of the molecule is Cc1ncccc1C(=O)O/N=C(\N)c1ccccc1. The highest BCUT2D eigenvalue weighted by Gasteiger charge is 2.11. The number of aromatic nitrogens is 1. The van der Waals surface area contributed by atoms with Crippen LogP contribution in [0.15, 0.2) is 53.8 Å². The van der Waals surface area contributed by atoms with Crippen LogP contribution in [-0.4, -0.2) is 16.8 Å². The van der Waals surface area contributed by atoms with Gasteiger partial charge in [0.25, 0.3) is 0 Å². The molecule has 1 aromatic carbocycles. The molecule has 0 aliphatic rings. The summed E-state index contributed by atoms with van der Waals surface area (Å²) in [6.07, 6.45) is 1.60. The molecule has 0 spiro atoms. The van der Waals surface area contributed by atoms with Gasteiger partial charge in [0.1, 0.15) is 0 Å². The number of pyridine rings is 1. The third kappa shape index (κ3) is 3.16. The Morgan fingerprint density at radius 3 is 2.63 bits per heavy atom. The van der Waals surface area contributed by atoms with Gasteiger partial charge in [0.15, 0.2) is 5.84 Å². The topological polar surface area (TPSA) is 77.6 Å². The normalized spacial score (nSPS) is 11.1. The van der Waals surface area contributed by atoms with Gasteiger partial charge < -0.3 is 10.6 Å². The minimum absolute atomic E-state index is 0.149. The molecule has 0 amide bonds. The lowest BCUT2D eigenvalue weighted by Crippen LogP contribution is -2.15. The van der Waals surface area contributed by atoms with E-state index < -0.39 is 5.97 Å². The maximum absolute atomic E-state index is 11.8. The second-order valence-electron chi connectivity index (χ2n) is 3.86. The maximum Gasteiger partial charge on any atom is 0.367 e. The van der Waals surface area contributed by atoms with Crippen molar-refractivity contribution in [1.29, 1.82) is 0 Å². The van der Waals surface area contributed by atoms with Crippen molar-refractivity contribution in [2.24, 2.45) is 10.9 Å². The Morgan fingerprint density at radius 1 is 1.21 bits per heavy atom. The van der Waals surface area contributed by atoms with Crippen LogP contribution < -0.4 is 5.73 Å². The zero-order chi connectivity index (χ0) is 13.7. The van der Waals surface area contributed by atoms with Crippen LogP contribution in [0.3, 0.4) is 0 Å². The molecule has 0 aliphatic heterocycles. The highest BCUT2D eigenvalue weighted by atomic mass is 16.7. The van der Waals surface area contributed by atoms with Gasteiger partial charge in [-0.1, -0.05) is 35.5 Å². The van der Waals surface area contributed by atoms with Crippen molar-refractivity contribution in [1.82, 2.24) is 4.98 Å². The third-order valence-corrected chi connectivity index (χ3v) is 2.52. The number of nitrogens with two attached hydrogens (primary N) is 1. The van der Waals surface area contributed by atoms with Crippen LogP contribution in [0.1, 0.15) is 21.6 Å². The molecular formula is C14H13N3O2. The highest BCUT2D eigenvalue weighted by molar-refractivity contribution is 5.98. The van der Waals surface area contributed by atoms with Crippen LogP contribution in [0.4, 0.5) is 0 Å². The van der Waals surface area contributed by atoms with Crippen molar-refractivity contribution < 1.29 is 9.63 Å². The number of carbonyl (C=O) groups is 1. The van der Waals surface area contributed by atoms with E-state index in [1.54, 1.807) is 37.4 Å². The number of rotatable bonds is 3. The summed E-state index contributed by atoms with van der Waals surface area (Å²) in [4.78, 5) is 20.6. The number of hydrogen-bond donors (Lipinski definition) is 1. The van der Waals surface area contributed by atoms with Gasteiger partial charge in [-0.3, -0.25) is 4.98 Å². The zero-order valence-electron chi connectivity index (χ0n) is 10.4. The van der Waals surface area contributed by atoms with Crippen LogP contribution in [0.5, 0.6) is 0 Å². The van der Waals surface area contributed by atoms with Gasteiger partial charge in [0.05, 0.1) is 11.3 Å². The fourth-order valence-electron chi connectivity index (χ4n) is 1.50. The Hall–Kier alpha value is -2.69. The van der Waals surface area contributed by atoms with E-state index in [9.17, 15) is 4.79 Å². The van der Waals surface area contributed by atoms with Crippen molar-refractivity contribution in [3.8, 4) is 0 Å². The molecule has 5 heteroatoms.